The topological polar surface area (TPSA) is 52.1 Å². The number of nitrogens with zero attached hydrogens (tertiary/aromatic N) is 2. The lowest BCUT2D eigenvalue weighted by molar-refractivity contribution is 0.0593. The van der Waals surface area contributed by atoms with E-state index in [1.165, 1.54) is 31.3 Å². The van der Waals surface area contributed by atoms with Crippen molar-refractivity contribution in [2.45, 2.75) is 5.25 Å². The molecule has 2 aromatic rings. The third kappa shape index (κ3) is 3.33. The van der Waals surface area contributed by atoms with Crippen LogP contribution in [0, 0.1) is 0 Å². The van der Waals surface area contributed by atoms with Gasteiger partial charge in [0.1, 0.15) is 5.15 Å². The molecular formula is C14H11Cl3N2O2S. The van der Waals surface area contributed by atoms with Gasteiger partial charge in [0, 0.05) is 23.5 Å². The lowest BCUT2D eigenvalue weighted by atomic mass is 10.0. The van der Waals surface area contributed by atoms with Gasteiger partial charge in [-0.25, -0.2) is 14.8 Å². The van der Waals surface area contributed by atoms with E-state index >= 15 is 0 Å². The van der Waals surface area contributed by atoms with E-state index < -0.39 is 5.97 Å². The van der Waals surface area contributed by atoms with Crippen molar-refractivity contribution in [3.8, 4) is 0 Å². The summed E-state index contributed by atoms with van der Waals surface area (Å²) in [6.07, 6.45) is 4.83. The molecule has 0 aliphatic carbocycles. The highest BCUT2D eigenvalue weighted by Crippen LogP contribution is 2.44. The molecule has 2 rings (SSSR count). The maximum absolute atomic E-state index is 11.9. The predicted molar refractivity (Wildman–Crippen MR) is 90.2 cm³/mol. The highest BCUT2D eigenvalue weighted by molar-refractivity contribution is 7.99. The Kier molecular flexibility index (Phi) is 5.92. The van der Waals surface area contributed by atoms with Crippen molar-refractivity contribution in [3.63, 3.8) is 0 Å². The molecule has 4 nitrogen and oxygen atoms in total. The standard InChI is InChI=1S/C14H11Cl3N2O2S/c1-21-14(20)11-7(4-3-5-18-11)12(22-2)9-8(15)6-19-13(17)10(9)16/h3-6,12H,1-2H3. The van der Waals surface area contributed by atoms with Crippen LogP contribution in [0.15, 0.2) is 24.5 Å². The molecule has 8 heteroatoms. The number of ether oxygens (including phenoxy) is 1. The van der Waals surface area contributed by atoms with E-state index in [2.05, 4.69) is 9.97 Å². The monoisotopic (exact) mass is 376 g/mol. The van der Waals surface area contributed by atoms with Gasteiger partial charge in [-0.3, -0.25) is 0 Å². The molecule has 2 aromatic heterocycles. The van der Waals surface area contributed by atoms with Crippen molar-refractivity contribution < 1.29 is 9.53 Å². The SMILES string of the molecule is COC(=O)c1ncccc1C(SC)c1c(Cl)cnc(Cl)c1Cl. The first-order valence-electron chi connectivity index (χ1n) is 6.06. The number of pyridine rings is 2. The van der Waals surface area contributed by atoms with Crippen LogP contribution in [0.4, 0.5) is 0 Å². The van der Waals surface area contributed by atoms with Gasteiger partial charge in [0.15, 0.2) is 5.69 Å². The Morgan fingerprint density at radius 3 is 2.68 bits per heavy atom. The van der Waals surface area contributed by atoms with E-state index in [1.807, 2.05) is 6.26 Å². The minimum absolute atomic E-state index is 0.156. The fourth-order valence-electron chi connectivity index (χ4n) is 1.99. The maximum atomic E-state index is 11.9. The maximum Gasteiger partial charge on any atom is 0.356 e. The van der Waals surface area contributed by atoms with Crippen molar-refractivity contribution in [3.05, 3.63) is 56.5 Å². The summed E-state index contributed by atoms with van der Waals surface area (Å²) in [5.41, 5.74) is 1.45. The van der Waals surface area contributed by atoms with Crippen molar-refractivity contribution in [1.29, 1.82) is 0 Å². The number of hydrogen-bond acceptors (Lipinski definition) is 5. The van der Waals surface area contributed by atoms with Gasteiger partial charge in [0.2, 0.25) is 0 Å². The van der Waals surface area contributed by atoms with Crippen LogP contribution in [0.3, 0.4) is 0 Å². The van der Waals surface area contributed by atoms with Gasteiger partial charge in [0.05, 0.1) is 22.4 Å². The van der Waals surface area contributed by atoms with Crippen molar-refractivity contribution in [2.75, 3.05) is 13.4 Å². The number of hydrogen-bond donors (Lipinski definition) is 0. The number of halogens is 3. The number of esters is 1. The molecule has 0 aliphatic rings. The van der Waals surface area contributed by atoms with Gasteiger partial charge in [0.25, 0.3) is 0 Å². The summed E-state index contributed by atoms with van der Waals surface area (Å²) in [6, 6.07) is 3.51. The minimum atomic E-state index is -0.526. The highest BCUT2D eigenvalue weighted by atomic mass is 35.5. The Hall–Kier alpha value is -1.01. The Balaban J connectivity index is 2.65. The smallest absolute Gasteiger partial charge is 0.356 e. The number of aromatic nitrogens is 2. The summed E-state index contributed by atoms with van der Waals surface area (Å²) in [7, 11) is 1.30. The van der Waals surface area contributed by atoms with E-state index in [-0.39, 0.29) is 21.1 Å². The van der Waals surface area contributed by atoms with E-state index in [0.717, 1.165) is 0 Å². The number of methoxy groups -OCH3 is 1. The van der Waals surface area contributed by atoms with Crippen LogP contribution in [0.1, 0.15) is 26.9 Å². The van der Waals surface area contributed by atoms with Gasteiger partial charge in [-0.15, -0.1) is 0 Å². The Morgan fingerprint density at radius 2 is 2.05 bits per heavy atom. The molecule has 116 valence electrons. The second kappa shape index (κ2) is 7.51. The van der Waals surface area contributed by atoms with Crippen LogP contribution < -0.4 is 0 Å². The number of thioether (sulfide) groups is 1. The summed E-state index contributed by atoms with van der Waals surface area (Å²) in [5.74, 6) is -0.526. The second-order valence-electron chi connectivity index (χ2n) is 4.17. The zero-order valence-corrected chi connectivity index (χ0v) is 14.7. The quantitative estimate of drug-likeness (QED) is 0.572. The molecule has 1 atom stereocenters. The fourth-order valence-corrected chi connectivity index (χ4v) is 3.76. The van der Waals surface area contributed by atoms with Crippen molar-refractivity contribution in [2.24, 2.45) is 0 Å². The van der Waals surface area contributed by atoms with Gasteiger partial charge < -0.3 is 4.74 Å². The summed E-state index contributed by atoms with van der Waals surface area (Å²) in [5, 5.41) is 0.452. The third-order valence-corrected chi connectivity index (χ3v) is 4.99. The summed E-state index contributed by atoms with van der Waals surface area (Å²) in [6.45, 7) is 0. The van der Waals surface area contributed by atoms with Crippen LogP contribution in [-0.4, -0.2) is 29.3 Å². The molecule has 0 fully saturated rings. The summed E-state index contributed by atoms with van der Waals surface area (Å²) < 4.78 is 4.78. The average molecular weight is 378 g/mol. The zero-order valence-electron chi connectivity index (χ0n) is 11.6. The van der Waals surface area contributed by atoms with E-state index in [4.69, 9.17) is 39.5 Å². The molecule has 0 bridgehead atoms. The lowest BCUT2D eigenvalue weighted by Crippen LogP contribution is -2.11. The normalized spacial score (nSPS) is 12.0. The van der Waals surface area contributed by atoms with Crippen molar-refractivity contribution >= 4 is 52.5 Å². The summed E-state index contributed by atoms with van der Waals surface area (Å²) >= 11 is 19.9. The number of rotatable bonds is 4. The van der Waals surface area contributed by atoms with Crippen molar-refractivity contribution in [1.82, 2.24) is 9.97 Å². The van der Waals surface area contributed by atoms with Gasteiger partial charge in [-0.1, -0.05) is 40.9 Å². The van der Waals surface area contributed by atoms with Crippen LogP contribution in [0.2, 0.25) is 15.2 Å². The molecule has 0 saturated heterocycles. The van der Waals surface area contributed by atoms with E-state index in [0.29, 0.717) is 16.1 Å². The molecule has 0 N–H and O–H groups in total. The van der Waals surface area contributed by atoms with E-state index in [9.17, 15) is 4.79 Å². The molecule has 1 unspecified atom stereocenters. The molecule has 0 amide bonds. The first-order chi connectivity index (χ1) is 10.5. The van der Waals surface area contributed by atoms with Gasteiger partial charge >= 0.3 is 5.97 Å². The molecule has 22 heavy (non-hydrogen) atoms. The van der Waals surface area contributed by atoms with E-state index in [1.54, 1.807) is 12.1 Å². The minimum Gasteiger partial charge on any atom is -0.464 e. The number of carbonyl (C=O) groups excluding carboxylic acids is 1. The fraction of sp³-hybridized carbons (Fsp3) is 0.214. The predicted octanol–water partition coefficient (Wildman–Crippen LogP) is 4.68. The highest BCUT2D eigenvalue weighted by Gasteiger charge is 2.26. The summed E-state index contributed by atoms with van der Waals surface area (Å²) in [4.78, 5) is 19.9. The Bertz CT molecular complexity index is 712. The molecule has 0 saturated carbocycles. The zero-order chi connectivity index (χ0) is 16.3. The molecule has 0 spiro atoms. The molecule has 0 aliphatic heterocycles. The first-order valence-corrected chi connectivity index (χ1v) is 8.48. The van der Waals surface area contributed by atoms with Gasteiger partial charge in [-0.2, -0.15) is 11.8 Å². The average Bonchev–Trinajstić information content (AvgIpc) is 2.54. The van der Waals surface area contributed by atoms with Crippen LogP contribution in [0.25, 0.3) is 0 Å². The number of carbonyl (C=O) groups is 1. The van der Waals surface area contributed by atoms with Gasteiger partial charge in [-0.05, 0) is 12.3 Å². The lowest BCUT2D eigenvalue weighted by Gasteiger charge is -2.20. The molecule has 0 aromatic carbocycles. The molecular weight excluding hydrogens is 367 g/mol. The molecule has 2 heterocycles. The second-order valence-corrected chi connectivity index (χ2v) is 6.26. The van der Waals surface area contributed by atoms with Crippen LogP contribution in [-0.2, 0) is 4.74 Å². The largest absolute Gasteiger partial charge is 0.464 e. The third-order valence-electron chi connectivity index (χ3n) is 2.96. The Morgan fingerprint density at radius 1 is 1.32 bits per heavy atom. The molecule has 0 radical (unpaired) electrons. The Labute approximate surface area is 147 Å². The first kappa shape index (κ1) is 17.3. The van der Waals surface area contributed by atoms with Crippen LogP contribution >= 0.6 is 46.6 Å². The van der Waals surface area contributed by atoms with Crippen LogP contribution in [0.5, 0.6) is 0 Å².